The van der Waals surface area contributed by atoms with Crippen molar-refractivity contribution >= 4 is 18.2 Å². The van der Waals surface area contributed by atoms with Crippen molar-refractivity contribution in [3.63, 3.8) is 0 Å². The van der Waals surface area contributed by atoms with Gasteiger partial charge in [-0.25, -0.2) is 4.57 Å². The minimum absolute atomic E-state index is 0.0971. The number of aromatic nitrogens is 1. The first kappa shape index (κ1) is 19.7. The van der Waals surface area contributed by atoms with Crippen molar-refractivity contribution in [3.8, 4) is 45.4 Å². The zero-order chi connectivity index (χ0) is 20.6. The van der Waals surface area contributed by atoms with Crippen LogP contribution in [0.5, 0.6) is 23.0 Å². The van der Waals surface area contributed by atoms with Gasteiger partial charge in [-0.1, -0.05) is 11.2 Å². The number of nitrogens with zero attached hydrogens (tertiary/aromatic N) is 1. The van der Waals surface area contributed by atoms with Crippen LogP contribution < -0.4 is 18.9 Å². The molecule has 3 aromatic rings. The van der Waals surface area contributed by atoms with Crippen molar-refractivity contribution in [2.24, 2.45) is 0 Å². The number of benzene rings is 2. The molecule has 0 aliphatic carbocycles. The third-order valence-electron chi connectivity index (χ3n) is 4.18. The Morgan fingerprint density at radius 3 is 2.59 bits per heavy atom. The van der Waals surface area contributed by atoms with E-state index in [0.717, 1.165) is 0 Å². The molecule has 1 aromatic heterocycles. The maximum atomic E-state index is 11.5. The lowest BCUT2D eigenvalue weighted by Crippen LogP contribution is -1.93. The van der Waals surface area contributed by atoms with Crippen LogP contribution in [-0.4, -0.2) is 36.0 Å². The van der Waals surface area contributed by atoms with Gasteiger partial charge in [0.05, 0.1) is 25.3 Å². The van der Waals surface area contributed by atoms with E-state index < -0.39 is 6.80 Å². The Morgan fingerprint density at radius 2 is 1.86 bits per heavy atom. The summed E-state index contributed by atoms with van der Waals surface area (Å²) >= 11 is 0.422. The molecule has 29 heavy (non-hydrogen) atoms. The molecule has 0 amide bonds. The summed E-state index contributed by atoms with van der Waals surface area (Å²) in [5, 5.41) is 3.89. The van der Waals surface area contributed by atoms with Crippen LogP contribution in [0, 0.1) is 0 Å². The molecule has 9 nitrogen and oxygen atoms in total. The average molecular weight is 437 g/mol. The summed E-state index contributed by atoms with van der Waals surface area (Å²) in [5.41, 5.74) is 1.93. The predicted octanol–water partition coefficient (Wildman–Crippen LogP) is 3.94. The normalized spacial score (nSPS) is 12.8. The van der Waals surface area contributed by atoms with Crippen LogP contribution >= 0.6 is 18.2 Å². The van der Waals surface area contributed by atoms with Gasteiger partial charge in [0.15, 0.2) is 17.3 Å². The first-order chi connectivity index (χ1) is 13.9. The lowest BCUT2D eigenvalue weighted by Gasteiger charge is -2.11. The molecule has 4 rings (SSSR count). The molecule has 152 valence electrons. The number of hydrogen-bond acceptors (Lipinski definition) is 8. The summed E-state index contributed by atoms with van der Waals surface area (Å²) in [5.74, 6) is 2.32. The molecule has 0 unspecified atom stereocenters. The lowest BCUT2D eigenvalue weighted by molar-refractivity contribution is 0.171. The molecule has 1 aliphatic rings. The summed E-state index contributed by atoms with van der Waals surface area (Å²) in [6.45, 7) is -4.27. The highest BCUT2D eigenvalue weighted by Crippen LogP contribution is 2.57. The molecular weight excluding hydrogens is 421 g/mol. The van der Waals surface area contributed by atoms with E-state index in [4.69, 9.17) is 23.5 Å². The summed E-state index contributed by atoms with van der Waals surface area (Å²) in [4.78, 5) is 19.0. The fourth-order valence-corrected chi connectivity index (χ4v) is 4.83. The zero-order valence-electron chi connectivity index (χ0n) is 15.3. The molecule has 2 aromatic carbocycles. The molecule has 0 bridgehead atoms. The third-order valence-corrected chi connectivity index (χ3v) is 6.24. The van der Waals surface area contributed by atoms with E-state index >= 15 is 0 Å². The maximum absolute atomic E-state index is 11.5. The quantitative estimate of drug-likeness (QED) is 0.549. The number of fused-ring (bicyclic) bond motifs is 1. The molecule has 0 atom stereocenters. The largest absolute Gasteiger partial charge is 0.496 e. The number of hydrogen-bond donors (Lipinski definition) is 2. The van der Waals surface area contributed by atoms with Crippen LogP contribution in [0.25, 0.3) is 22.5 Å². The molecule has 0 saturated carbocycles. The molecule has 0 radical (unpaired) electrons. The van der Waals surface area contributed by atoms with E-state index in [2.05, 4.69) is 5.16 Å². The van der Waals surface area contributed by atoms with Gasteiger partial charge in [0, 0.05) is 11.1 Å². The van der Waals surface area contributed by atoms with Crippen LogP contribution in [0.1, 0.15) is 0 Å². The minimum Gasteiger partial charge on any atom is -0.496 e. The van der Waals surface area contributed by atoms with Gasteiger partial charge in [-0.3, -0.25) is 0 Å². The van der Waals surface area contributed by atoms with Gasteiger partial charge in [0.25, 0.3) is 0 Å². The molecule has 2 heterocycles. The fraction of sp³-hybridized carbons (Fsp3) is 0.167. The summed E-state index contributed by atoms with van der Waals surface area (Å²) < 4.78 is 38.4. The van der Waals surface area contributed by atoms with Gasteiger partial charge in [-0.15, -0.1) is 0 Å². The number of ether oxygens (including phenoxy) is 4. The van der Waals surface area contributed by atoms with Crippen molar-refractivity contribution in [3.05, 3.63) is 36.5 Å². The van der Waals surface area contributed by atoms with E-state index in [-0.39, 0.29) is 6.79 Å². The zero-order valence-corrected chi connectivity index (χ0v) is 17.0. The molecule has 0 saturated heterocycles. The Hall–Kier alpha value is -2.65. The second-order valence-electron chi connectivity index (χ2n) is 5.93. The van der Waals surface area contributed by atoms with Crippen LogP contribution in [0.3, 0.4) is 0 Å². The number of methoxy groups -OCH3 is 2. The molecular formula is C18H16NO8PS. The first-order valence-corrected chi connectivity index (χ1v) is 11.3. The number of rotatable bonds is 6. The third kappa shape index (κ3) is 3.92. The van der Waals surface area contributed by atoms with E-state index in [1.807, 2.05) is 0 Å². The van der Waals surface area contributed by atoms with Crippen molar-refractivity contribution < 1.29 is 37.8 Å². The summed E-state index contributed by atoms with van der Waals surface area (Å²) in [6.07, 6.45) is 1.53. The topological polar surface area (TPSA) is 120 Å². The Bertz CT molecular complexity index is 1110. The van der Waals surface area contributed by atoms with E-state index in [1.165, 1.54) is 20.4 Å². The van der Waals surface area contributed by atoms with Crippen molar-refractivity contribution in [2.75, 3.05) is 21.0 Å². The standard InChI is InChI=1S/C18H16NO8PS/c1-23-13-4-3-10(7-16(13)29-28(20,21)22)12-8-19-27-17(12)11-5-14(24-2)18-15(6-11)25-9-26-18/h3-8H,9H2,1-2H3,(H2,20,21,22). The molecule has 2 N–H and O–H groups in total. The van der Waals surface area contributed by atoms with E-state index in [9.17, 15) is 14.4 Å². The highest BCUT2D eigenvalue weighted by Gasteiger charge is 2.24. The van der Waals surface area contributed by atoms with Gasteiger partial charge in [-0.2, -0.15) is 0 Å². The first-order valence-electron chi connectivity index (χ1n) is 8.26. The van der Waals surface area contributed by atoms with Gasteiger partial charge >= 0.3 is 6.80 Å². The van der Waals surface area contributed by atoms with Gasteiger partial charge in [0.1, 0.15) is 5.75 Å². The van der Waals surface area contributed by atoms with Crippen LogP contribution in [0.15, 0.2) is 45.9 Å². The average Bonchev–Trinajstić information content (AvgIpc) is 3.35. The van der Waals surface area contributed by atoms with Crippen molar-refractivity contribution in [1.82, 2.24) is 5.16 Å². The molecule has 1 aliphatic heterocycles. The van der Waals surface area contributed by atoms with E-state index in [0.29, 0.717) is 61.7 Å². The van der Waals surface area contributed by atoms with Crippen molar-refractivity contribution in [2.45, 2.75) is 4.90 Å². The van der Waals surface area contributed by atoms with Gasteiger partial charge in [-0.05, 0) is 41.2 Å². The maximum Gasteiger partial charge on any atom is 0.388 e. The van der Waals surface area contributed by atoms with Crippen LogP contribution in [-0.2, 0) is 4.57 Å². The second-order valence-corrected chi connectivity index (χ2v) is 9.51. The lowest BCUT2D eigenvalue weighted by atomic mass is 10.0. The summed E-state index contributed by atoms with van der Waals surface area (Å²) in [6, 6.07) is 8.49. The Balaban J connectivity index is 1.80. The Labute approximate surface area is 169 Å². The highest BCUT2D eigenvalue weighted by atomic mass is 32.7. The highest BCUT2D eigenvalue weighted by molar-refractivity contribution is 8.54. The molecule has 0 spiro atoms. The SMILES string of the molecule is COc1ccc(-c2cnoc2-c2cc(OC)c3c(c2)OCO3)cc1SP(=O)(O)O. The second kappa shape index (κ2) is 7.64. The Kier molecular flexibility index (Phi) is 5.18. The van der Waals surface area contributed by atoms with Crippen LogP contribution in [0.4, 0.5) is 0 Å². The van der Waals surface area contributed by atoms with Gasteiger partial charge < -0.3 is 33.3 Å². The smallest absolute Gasteiger partial charge is 0.388 e. The monoisotopic (exact) mass is 437 g/mol. The summed E-state index contributed by atoms with van der Waals surface area (Å²) in [7, 11) is 2.96. The molecule has 11 heteroatoms. The van der Waals surface area contributed by atoms with Gasteiger partial charge in [0.2, 0.25) is 12.5 Å². The van der Waals surface area contributed by atoms with Crippen molar-refractivity contribution in [1.29, 1.82) is 0 Å². The van der Waals surface area contributed by atoms with E-state index in [1.54, 1.807) is 30.3 Å². The minimum atomic E-state index is -4.36. The van der Waals surface area contributed by atoms with Crippen LogP contribution in [0.2, 0.25) is 0 Å². The Morgan fingerprint density at radius 1 is 1.07 bits per heavy atom. The fourth-order valence-electron chi connectivity index (χ4n) is 2.96. The predicted molar refractivity (Wildman–Crippen MR) is 105 cm³/mol. The molecule has 0 fully saturated rings.